The first kappa shape index (κ1) is 15.3. The van der Waals surface area contributed by atoms with Crippen molar-refractivity contribution in [3.63, 3.8) is 0 Å². The van der Waals surface area contributed by atoms with Crippen LogP contribution < -0.4 is 14.8 Å². The van der Waals surface area contributed by atoms with Gasteiger partial charge in [0.25, 0.3) is 0 Å². The second-order valence-electron chi connectivity index (χ2n) is 4.92. The van der Waals surface area contributed by atoms with Crippen LogP contribution in [0.1, 0.15) is 23.6 Å². The van der Waals surface area contributed by atoms with Crippen molar-refractivity contribution >= 4 is 0 Å². The Bertz CT molecular complexity index is 585. The lowest BCUT2D eigenvalue weighted by atomic mass is 10.2. The zero-order valence-corrected chi connectivity index (χ0v) is 12.8. The van der Waals surface area contributed by atoms with Gasteiger partial charge in [-0.05, 0) is 42.8 Å². The van der Waals surface area contributed by atoms with Crippen LogP contribution in [0.4, 0.5) is 0 Å². The fourth-order valence-corrected chi connectivity index (χ4v) is 2.07. The maximum atomic E-state index is 5.90. The van der Waals surface area contributed by atoms with Gasteiger partial charge in [-0.15, -0.1) is 0 Å². The molecule has 0 radical (unpaired) electrons. The third-order valence-corrected chi connectivity index (χ3v) is 3.13. The Morgan fingerprint density at radius 2 is 1.95 bits per heavy atom. The summed E-state index contributed by atoms with van der Waals surface area (Å²) in [7, 11) is 1.65. The van der Waals surface area contributed by atoms with Gasteiger partial charge in [-0.2, -0.15) is 0 Å². The van der Waals surface area contributed by atoms with E-state index >= 15 is 0 Å². The molecule has 1 heterocycles. The van der Waals surface area contributed by atoms with Crippen molar-refractivity contribution in [2.45, 2.75) is 27.0 Å². The number of aromatic nitrogens is 1. The number of ether oxygens (including phenoxy) is 2. The highest BCUT2D eigenvalue weighted by Crippen LogP contribution is 2.28. The molecular weight excluding hydrogens is 264 g/mol. The van der Waals surface area contributed by atoms with Gasteiger partial charge in [0, 0.05) is 24.5 Å². The number of hydrogen-bond acceptors (Lipinski definition) is 4. The molecule has 21 heavy (non-hydrogen) atoms. The van der Waals surface area contributed by atoms with Crippen LogP contribution in [0.3, 0.4) is 0 Å². The van der Waals surface area contributed by atoms with Crippen LogP contribution in [0.25, 0.3) is 0 Å². The Hall–Kier alpha value is -2.07. The summed E-state index contributed by atoms with van der Waals surface area (Å²) in [5.41, 5.74) is 3.35. The van der Waals surface area contributed by atoms with E-state index in [2.05, 4.69) is 23.3 Å². The fraction of sp³-hybridized carbons (Fsp3) is 0.353. The number of nitrogens with zero attached hydrogens (tertiary/aromatic N) is 1. The molecule has 0 spiro atoms. The molecule has 0 saturated carbocycles. The van der Waals surface area contributed by atoms with Gasteiger partial charge in [0.05, 0.1) is 7.11 Å². The molecule has 0 saturated heterocycles. The summed E-state index contributed by atoms with van der Waals surface area (Å²) in [5, 5.41) is 3.30. The number of pyridine rings is 1. The predicted molar refractivity (Wildman–Crippen MR) is 83.7 cm³/mol. The molecule has 112 valence electrons. The zero-order valence-electron chi connectivity index (χ0n) is 12.8. The van der Waals surface area contributed by atoms with E-state index in [1.807, 2.05) is 37.5 Å². The number of nitrogens with one attached hydrogen (secondary N) is 1. The van der Waals surface area contributed by atoms with E-state index in [0.29, 0.717) is 6.61 Å². The molecule has 4 nitrogen and oxygen atoms in total. The molecule has 0 bridgehead atoms. The Morgan fingerprint density at radius 3 is 2.67 bits per heavy atom. The maximum absolute atomic E-state index is 5.90. The highest BCUT2D eigenvalue weighted by molar-refractivity contribution is 5.43. The van der Waals surface area contributed by atoms with Crippen LogP contribution in [-0.2, 0) is 13.2 Å². The standard InChI is InChI=1S/C17H22N2O2/c1-4-18-10-14-5-6-16(20-3)17(8-14)21-12-15-7-13(2)9-19-11-15/h5-9,11,18H,4,10,12H2,1-3H3. The molecule has 1 aromatic carbocycles. The number of rotatable bonds is 7. The SMILES string of the molecule is CCNCc1ccc(OC)c(OCc2cncc(C)c2)c1. The van der Waals surface area contributed by atoms with Crippen LogP contribution in [-0.4, -0.2) is 18.6 Å². The zero-order chi connectivity index (χ0) is 15.1. The van der Waals surface area contributed by atoms with Crippen molar-refractivity contribution in [2.24, 2.45) is 0 Å². The van der Waals surface area contributed by atoms with Gasteiger partial charge in [-0.25, -0.2) is 0 Å². The number of aryl methyl sites for hydroxylation is 1. The molecule has 0 amide bonds. The lowest BCUT2D eigenvalue weighted by molar-refractivity contribution is 0.283. The van der Waals surface area contributed by atoms with Gasteiger partial charge in [0.15, 0.2) is 11.5 Å². The van der Waals surface area contributed by atoms with Crippen LogP contribution >= 0.6 is 0 Å². The highest BCUT2D eigenvalue weighted by atomic mass is 16.5. The first-order valence-electron chi connectivity index (χ1n) is 7.14. The molecule has 0 unspecified atom stereocenters. The first-order chi connectivity index (χ1) is 10.2. The van der Waals surface area contributed by atoms with Crippen molar-refractivity contribution in [2.75, 3.05) is 13.7 Å². The smallest absolute Gasteiger partial charge is 0.161 e. The van der Waals surface area contributed by atoms with E-state index in [1.54, 1.807) is 7.11 Å². The van der Waals surface area contributed by atoms with E-state index in [0.717, 1.165) is 35.7 Å². The molecule has 0 aliphatic heterocycles. The average molecular weight is 286 g/mol. The average Bonchev–Trinajstić information content (AvgIpc) is 2.51. The van der Waals surface area contributed by atoms with Crippen molar-refractivity contribution in [1.82, 2.24) is 10.3 Å². The lowest BCUT2D eigenvalue weighted by Gasteiger charge is -2.13. The monoisotopic (exact) mass is 286 g/mol. The van der Waals surface area contributed by atoms with Gasteiger partial charge in [-0.3, -0.25) is 4.98 Å². The summed E-state index contributed by atoms with van der Waals surface area (Å²) in [6.45, 7) is 6.36. The van der Waals surface area contributed by atoms with Gasteiger partial charge >= 0.3 is 0 Å². The second-order valence-corrected chi connectivity index (χ2v) is 4.92. The maximum Gasteiger partial charge on any atom is 0.161 e. The number of methoxy groups -OCH3 is 1. The molecule has 0 fully saturated rings. The lowest BCUT2D eigenvalue weighted by Crippen LogP contribution is -2.11. The minimum absolute atomic E-state index is 0.482. The van der Waals surface area contributed by atoms with Gasteiger partial charge < -0.3 is 14.8 Å². The molecule has 0 aliphatic rings. The Labute approximate surface area is 126 Å². The summed E-state index contributed by atoms with van der Waals surface area (Å²) in [5.74, 6) is 1.50. The molecule has 0 atom stereocenters. The van der Waals surface area contributed by atoms with E-state index in [1.165, 1.54) is 5.56 Å². The molecule has 4 heteroatoms. The Kier molecular flexibility index (Phi) is 5.58. The number of benzene rings is 1. The van der Waals surface area contributed by atoms with Crippen molar-refractivity contribution < 1.29 is 9.47 Å². The molecule has 2 rings (SSSR count). The summed E-state index contributed by atoms with van der Waals surface area (Å²) in [6.07, 6.45) is 3.66. The van der Waals surface area contributed by atoms with Gasteiger partial charge in [0.2, 0.25) is 0 Å². The van der Waals surface area contributed by atoms with Crippen molar-refractivity contribution in [3.05, 3.63) is 53.3 Å². The van der Waals surface area contributed by atoms with Crippen molar-refractivity contribution in [1.29, 1.82) is 0 Å². The van der Waals surface area contributed by atoms with Crippen LogP contribution in [0.5, 0.6) is 11.5 Å². The molecule has 0 aliphatic carbocycles. The minimum Gasteiger partial charge on any atom is -0.493 e. The Balaban J connectivity index is 2.09. The Morgan fingerprint density at radius 1 is 1.10 bits per heavy atom. The number of hydrogen-bond donors (Lipinski definition) is 1. The minimum atomic E-state index is 0.482. The topological polar surface area (TPSA) is 43.4 Å². The van der Waals surface area contributed by atoms with Gasteiger partial charge in [-0.1, -0.05) is 13.0 Å². The molecular formula is C17H22N2O2. The van der Waals surface area contributed by atoms with Crippen LogP contribution in [0.2, 0.25) is 0 Å². The second kappa shape index (κ2) is 7.64. The van der Waals surface area contributed by atoms with E-state index in [9.17, 15) is 0 Å². The van der Waals surface area contributed by atoms with Crippen LogP contribution in [0, 0.1) is 6.92 Å². The molecule has 2 aromatic rings. The summed E-state index contributed by atoms with van der Waals surface area (Å²) < 4.78 is 11.3. The van der Waals surface area contributed by atoms with E-state index in [-0.39, 0.29) is 0 Å². The van der Waals surface area contributed by atoms with E-state index in [4.69, 9.17) is 9.47 Å². The van der Waals surface area contributed by atoms with Crippen molar-refractivity contribution in [3.8, 4) is 11.5 Å². The summed E-state index contributed by atoms with van der Waals surface area (Å²) >= 11 is 0. The van der Waals surface area contributed by atoms with E-state index < -0.39 is 0 Å². The third-order valence-electron chi connectivity index (χ3n) is 3.13. The molecule has 1 aromatic heterocycles. The van der Waals surface area contributed by atoms with Crippen LogP contribution in [0.15, 0.2) is 36.7 Å². The predicted octanol–water partition coefficient (Wildman–Crippen LogP) is 3.09. The normalized spacial score (nSPS) is 10.4. The third kappa shape index (κ3) is 4.46. The quantitative estimate of drug-likeness (QED) is 0.849. The largest absolute Gasteiger partial charge is 0.493 e. The molecule has 1 N–H and O–H groups in total. The first-order valence-corrected chi connectivity index (χ1v) is 7.14. The fourth-order valence-electron chi connectivity index (χ4n) is 2.07. The highest BCUT2D eigenvalue weighted by Gasteiger charge is 2.06. The summed E-state index contributed by atoms with van der Waals surface area (Å²) in [4.78, 5) is 4.18. The van der Waals surface area contributed by atoms with Gasteiger partial charge in [0.1, 0.15) is 6.61 Å². The summed E-state index contributed by atoms with van der Waals surface area (Å²) in [6, 6.07) is 8.08.